The molecular formula is C17H20N2O3. The van der Waals surface area contributed by atoms with Crippen LogP contribution in [0.5, 0.6) is 0 Å². The predicted octanol–water partition coefficient (Wildman–Crippen LogP) is 1.56. The number of morpholine rings is 1. The molecule has 0 spiro atoms. The molecule has 1 aliphatic rings. The van der Waals surface area contributed by atoms with Crippen LogP contribution in [0, 0.1) is 6.92 Å². The molecule has 1 aromatic heterocycles. The predicted molar refractivity (Wildman–Crippen MR) is 85.0 cm³/mol. The van der Waals surface area contributed by atoms with Crippen LogP contribution in [-0.2, 0) is 16.1 Å². The number of fused-ring (bicyclic) bond motifs is 1. The third kappa shape index (κ3) is 2.90. The Morgan fingerprint density at radius 1 is 1.23 bits per heavy atom. The molecule has 2 aromatic rings. The summed E-state index contributed by atoms with van der Waals surface area (Å²) in [6.07, 6.45) is 0.341. The molecule has 1 aliphatic heterocycles. The Bertz CT molecular complexity index is 745. The van der Waals surface area contributed by atoms with E-state index in [-0.39, 0.29) is 11.5 Å². The van der Waals surface area contributed by atoms with Crippen LogP contribution >= 0.6 is 0 Å². The van der Waals surface area contributed by atoms with Crippen molar-refractivity contribution in [2.24, 2.45) is 0 Å². The van der Waals surface area contributed by atoms with Crippen molar-refractivity contribution in [3.8, 4) is 0 Å². The fraction of sp³-hybridized carbons (Fsp3) is 0.412. The van der Waals surface area contributed by atoms with Crippen molar-refractivity contribution < 1.29 is 9.53 Å². The molecule has 5 heteroatoms. The second kappa shape index (κ2) is 6.32. The molecule has 22 heavy (non-hydrogen) atoms. The van der Waals surface area contributed by atoms with Gasteiger partial charge in [0.1, 0.15) is 0 Å². The van der Waals surface area contributed by atoms with Gasteiger partial charge < -0.3 is 14.2 Å². The molecule has 116 valence electrons. The highest BCUT2D eigenvalue weighted by molar-refractivity contribution is 5.80. The lowest BCUT2D eigenvalue weighted by atomic mass is 10.1. The minimum absolute atomic E-state index is 0.0199. The van der Waals surface area contributed by atoms with Crippen LogP contribution in [0.15, 0.2) is 35.1 Å². The fourth-order valence-corrected chi connectivity index (χ4v) is 2.87. The smallest absolute Gasteiger partial charge is 0.253 e. The quantitative estimate of drug-likeness (QED) is 0.864. The van der Waals surface area contributed by atoms with Gasteiger partial charge in [-0.05, 0) is 24.4 Å². The Morgan fingerprint density at radius 3 is 2.73 bits per heavy atom. The van der Waals surface area contributed by atoms with Gasteiger partial charge in [0.25, 0.3) is 5.56 Å². The number of ether oxygens (including phenoxy) is 1. The third-order valence-electron chi connectivity index (χ3n) is 4.10. The highest BCUT2D eigenvalue weighted by Crippen LogP contribution is 2.13. The van der Waals surface area contributed by atoms with Crippen molar-refractivity contribution in [1.82, 2.24) is 9.47 Å². The van der Waals surface area contributed by atoms with Crippen molar-refractivity contribution in [2.45, 2.75) is 19.9 Å². The van der Waals surface area contributed by atoms with Gasteiger partial charge in [0, 0.05) is 31.6 Å². The van der Waals surface area contributed by atoms with E-state index in [0.717, 1.165) is 10.9 Å². The van der Waals surface area contributed by atoms with Crippen molar-refractivity contribution in [2.75, 3.05) is 26.3 Å². The zero-order chi connectivity index (χ0) is 15.5. The number of carbonyl (C=O) groups is 1. The number of amides is 1. The first-order valence-electron chi connectivity index (χ1n) is 7.61. The third-order valence-corrected chi connectivity index (χ3v) is 4.10. The summed E-state index contributed by atoms with van der Waals surface area (Å²) in [7, 11) is 0. The van der Waals surface area contributed by atoms with Crippen LogP contribution in [-0.4, -0.2) is 41.7 Å². The number of aryl methyl sites for hydroxylation is 2. The molecule has 1 amide bonds. The molecule has 5 nitrogen and oxygen atoms in total. The van der Waals surface area contributed by atoms with E-state index in [0.29, 0.717) is 44.8 Å². The Morgan fingerprint density at radius 2 is 1.95 bits per heavy atom. The number of nitrogens with zero attached hydrogens (tertiary/aromatic N) is 2. The molecule has 3 rings (SSSR count). The van der Waals surface area contributed by atoms with Gasteiger partial charge in [-0.25, -0.2) is 0 Å². The summed E-state index contributed by atoms with van der Waals surface area (Å²) in [5, 5.41) is 1.03. The van der Waals surface area contributed by atoms with Gasteiger partial charge in [0.2, 0.25) is 5.91 Å². The highest BCUT2D eigenvalue weighted by atomic mass is 16.5. The van der Waals surface area contributed by atoms with E-state index in [1.165, 1.54) is 0 Å². The minimum atomic E-state index is -0.0199. The maximum Gasteiger partial charge on any atom is 0.253 e. The second-order valence-corrected chi connectivity index (χ2v) is 5.59. The maximum absolute atomic E-state index is 12.4. The summed E-state index contributed by atoms with van der Waals surface area (Å²) in [6.45, 7) is 4.70. The number of hydrogen-bond donors (Lipinski definition) is 0. The number of benzene rings is 1. The molecule has 0 radical (unpaired) electrons. The number of pyridine rings is 1. The molecule has 0 unspecified atom stereocenters. The number of hydrogen-bond acceptors (Lipinski definition) is 3. The Labute approximate surface area is 129 Å². The SMILES string of the molecule is Cc1cc2ccccc2n(CCC(=O)N2CCOCC2)c1=O. The molecular weight excluding hydrogens is 280 g/mol. The average Bonchev–Trinajstić information content (AvgIpc) is 2.56. The summed E-state index contributed by atoms with van der Waals surface area (Å²) in [4.78, 5) is 26.5. The van der Waals surface area contributed by atoms with Crippen LogP contribution in [0.1, 0.15) is 12.0 Å². The fourth-order valence-electron chi connectivity index (χ4n) is 2.87. The van der Waals surface area contributed by atoms with Crippen molar-refractivity contribution in [3.05, 3.63) is 46.2 Å². The van der Waals surface area contributed by atoms with Crippen molar-refractivity contribution in [1.29, 1.82) is 0 Å². The lowest BCUT2D eigenvalue weighted by Crippen LogP contribution is -2.41. The van der Waals surface area contributed by atoms with Crippen LogP contribution in [0.25, 0.3) is 10.9 Å². The topological polar surface area (TPSA) is 51.5 Å². The molecule has 0 aliphatic carbocycles. The minimum Gasteiger partial charge on any atom is -0.378 e. The number of para-hydroxylation sites is 1. The lowest BCUT2D eigenvalue weighted by Gasteiger charge is -2.27. The Kier molecular flexibility index (Phi) is 4.24. The summed E-state index contributed by atoms with van der Waals surface area (Å²) in [6, 6.07) is 9.68. The van der Waals surface area contributed by atoms with Gasteiger partial charge in [-0.2, -0.15) is 0 Å². The summed E-state index contributed by atoms with van der Waals surface area (Å²) in [5.74, 6) is 0.0841. The van der Waals surface area contributed by atoms with Gasteiger partial charge in [-0.15, -0.1) is 0 Å². The molecule has 1 fully saturated rings. The van der Waals surface area contributed by atoms with Gasteiger partial charge in [0.05, 0.1) is 18.7 Å². The van der Waals surface area contributed by atoms with Crippen LogP contribution in [0.3, 0.4) is 0 Å². The Hall–Kier alpha value is -2.14. The first-order chi connectivity index (χ1) is 10.7. The number of rotatable bonds is 3. The molecule has 0 saturated carbocycles. The van der Waals surface area contributed by atoms with Crippen molar-refractivity contribution >= 4 is 16.8 Å². The zero-order valence-electron chi connectivity index (χ0n) is 12.7. The molecule has 0 bridgehead atoms. The summed E-state index contributed by atoms with van der Waals surface area (Å²) in [5.41, 5.74) is 1.57. The normalized spacial score (nSPS) is 15.2. The van der Waals surface area contributed by atoms with Gasteiger partial charge >= 0.3 is 0 Å². The summed E-state index contributed by atoms with van der Waals surface area (Å²) < 4.78 is 6.97. The maximum atomic E-state index is 12.4. The van der Waals surface area contributed by atoms with Gasteiger partial charge in [-0.3, -0.25) is 9.59 Å². The van der Waals surface area contributed by atoms with E-state index in [9.17, 15) is 9.59 Å². The van der Waals surface area contributed by atoms with Crippen LogP contribution in [0.2, 0.25) is 0 Å². The van der Waals surface area contributed by atoms with Crippen molar-refractivity contribution in [3.63, 3.8) is 0 Å². The molecule has 0 N–H and O–H groups in total. The number of carbonyl (C=O) groups excluding carboxylic acids is 1. The summed E-state index contributed by atoms with van der Waals surface area (Å²) >= 11 is 0. The van der Waals surface area contributed by atoms with Crippen LogP contribution < -0.4 is 5.56 Å². The van der Waals surface area contributed by atoms with E-state index in [4.69, 9.17) is 4.74 Å². The molecule has 1 aromatic carbocycles. The van der Waals surface area contributed by atoms with Crippen LogP contribution in [0.4, 0.5) is 0 Å². The highest BCUT2D eigenvalue weighted by Gasteiger charge is 2.17. The van der Waals surface area contributed by atoms with E-state index in [1.54, 1.807) is 4.57 Å². The van der Waals surface area contributed by atoms with E-state index in [2.05, 4.69) is 0 Å². The van der Waals surface area contributed by atoms with Gasteiger partial charge in [-0.1, -0.05) is 18.2 Å². The number of aromatic nitrogens is 1. The average molecular weight is 300 g/mol. The second-order valence-electron chi connectivity index (χ2n) is 5.59. The largest absolute Gasteiger partial charge is 0.378 e. The first-order valence-corrected chi connectivity index (χ1v) is 7.61. The van der Waals surface area contributed by atoms with E-state index < -0.39 is 0 Å². The standard InChI is InChI=1S/C17H20N2O3/c1-13-12-14-4-2-3-5-15(14)19(17(13)21)7-6-16(20)18-8-10-22-11-9-18/h2-5,12H,6-11H2,1H3. The Balaban J connectivity index is 1.83. The molecule has 1 saturated heterocycles. The first kappa shape index (κ1) is 14.8. The molecule has 0 atom stereocenters. The molecule has 2 heterocycles. The lowest BCUT2D eigenvalue weighted by molar-refractivity contribution is -0.135. The monoisotopic (exact) mass is 300 g/mol. The van der Waals surface area contributed by atoms with E-state index >= 15 is 0 Å². The zero-order valence-corrected chi connectivity index (χ0v) is 12.7. The van der Waals surface area contributed by atoms with Gasteiger partial charge in [0.15, 0.2) is 0 Å². The van der Waals surface area contributed by atoms with E-state index in [1.807, 2.05) is 42.2 Å².